The lowest BCUT2D eigenvalue weighted by molar-refractivity contribution is 1.80. The topological polar surface area (TPSA) is 0 Å². The van der Waals surface area contributed by atoms with Crippen LogP contribution in [0.25, 0.3) is 0 Å². The van der Waals surface area contributed by atoms with Gasteiger partial charge in [-0.3, -0.25) is 0 Å². The van der Waals surface area contributed by atoms with Crippen molar-refractivity contribution in [2.24, 2.45) is 0 Å². The first kappa shape index (κ1) is 8.88. The van der Waals surface area contributed by atoms with Gasteiger partial charge < -0.3 is 0 Å². The molecule has 0 radical (unpaired) electrons. The quantitative estimate of drug-likeness (QED) is 0.300. The van der Waals surface area contributed by atoms with Gasteiger partial charge in [0.25, 0.3) is 0 Å². The zero-order chi connectivity index (χ0) is 4.71. The largest absolute Gasteiger partial charge is 0.103 e. The summed E-state index contributed by atoms with van der Waals surface area (Å²) in [5.41, 5.74) is 0. The molecule has 32 valence electrons. The summed E-state index contributed by atoms with van der Waals surface area (Å²) in [6.07, 6.45) is 1.75. The highest BCUT2D eigenvalue weighted by Gasteiger charge is 1.15. The van der Waals surface area contributed by atoms with Gasteiger partial charge >= 0.3 is 0 Å². The maximum absolute atomic E-state index is 3.36. The van der Waals surface area contributed by atoms with Crippen molar-refractivity contribution in [2.75, 3.05) is 0 Å². The van der Waals surface area contributed by atoms with Gasteiger partial charge in [0.05, 0.1) is 0 Å². The van der Waals surface area contributed by atoms with E-state index in [2.05, 4.69) is 13.1 Å². The normalized spacial score (nSPS) is 4.40. The van der Waals surface area contributed by atoms with E-state index in [1.165, 1.54) is 10.2 Å². The second-order valence-corrected chi connectivity index (χ2v) is 0.408. The Kier molecular flexibility index (Phi) is 67.1. The van der Waals surface area contributed by atoms with E-state index in [9.17, 15) is 0 Å². The van der Waals surface area contributed by atoms with Crippen LogP contribution < -0.4 is 0 Å². The van der Waals surface area contributed by atoms with Gasteiger partial charge in [-0.15, -0.1) is 6.58 Å². The first-order valence-corrected chi connectivity index (χ1v) is 3.99. The van der Waals surface area contributed by atoms with Crippen molar-refractivity contribution in [3.05, 3.63) is 12.7 Å². The van der Waals surface area contributed by atoms with Crippen LogP contribution in [0.2, 0.25) is 6.55 Å². The Bertz CT molecular complexity index is 11.1. The van der Waals surface area contributed by atoms with Crippen molar-refractivity contribution in [3.63, 3.8) is 0 Å². The van der Waals surface area contributed by atoms with E-state index in [4.69, 9.17) is 0 Å². The lowest BCUT2D eigenvalue weighted by Crippen LogP contribution is -1.13. The number of hydrogen-bond donors (Lipinski definition) is 0. The number of rotatable bonds is 0. The molecule has 0 atom stereocenters. The second kappa shape index (κ2) is 37.8. The minimum Gasteiger partial charge on any atom is -0.103 e. The smallest absolute Gasteiger partial charge is 0.000585 e. The molecule has 0 aromatic heterocycles. The average Bonchev–Trinajstić information content (AvgIpc) is 1.46. The summed E-state index contributed by atoms with van der Waals surface area (Å²) in [7, 11) is 1.31. The molecule has 0 aliphatic rings. The van der Waals surface area contributed by atoms with Crippen LogP contribution in [0.15, 0.2) is 12.7 Å². The predicted molar refractivity (Wildman–Crippen MR) is 31.7 cm³/mol. The third-order valence-corrected chi connectivity index (χ3v) is 0. The van der Waals surface area contributed by atoms with Crippen molar-refractivity contribution < 1.29 is 0 Å². The van der Waals surface area contributed by atoms with Crippen molar-refractivity contribution in [1.29, 1.82) is 0 Å². The Morgan fingerprint density at radius 1 is 1.60 bits per heavy atom. The maximum atomic E-state index is 3.36. The van der Waals surface area contributed by atoms with Gasteiger partial charge in [-0.25, -0.2) is 0 Å². The zero-order valence-corrected chi connectivity index (χ0v) is 6.28. The third-order valence-electron chi connectivity index (χ3n) is 0. The maximum Gasteiger partial charge on any atom is -0.000585 e. The molecule has 0 aromatic rings. The minimum absolute atomic E-state index is 1.31. The molecule has 0 fully saturated rings. The molecule has 0 amide bonds. The molecule has 0 nitrogen and oxygen atoms in total. The summed E-state index contributed by atoms with van der Waals surface area (Å²) in [5, 5.41) is 0. The SMILES string of the molecule is C=CC.C[SiH3]. The predicted octanol–water partition coefficient (Wildman–Crippen LogP) is 0.592. The fourth-order valence-electron chi connectivity index (χ4n) is 0. The summed E-state index contributed by atoms with van der Waals surface area (Å²) in [6, 6.07) is 0. The van der Waals surface area contributed by atoms with Gasteiger partial charge in [-0.05, 0) is 17.2 Å². The molecule has 0 saturated heterocycles. The van der Waals surface area contributed by atoms with Crippen LogP contribution in [0.1, 0.15) is 6.92 Å². The van der Waals surface area contributed by atoms with Crippen molar-refractivity contribution in [1.82, 2.24) is 0 Å². The third kappa shape index (κ3) is 8150. The number of hydrogen-bond acceptors (Lipinski definition) is 0. The van der Waals surface area contributed by atoms with Crippen LogP contribution in [0.5, 0.6) is 0 Å². The van der Waals surface area contributed by atoms with E-state index in [0.29, 0.717) is 0 Å². The molecule has 0 aromatic carbocycles. The van der Waals surface area contributed by atoms with Gasteiger partial charge in [0.15, 0.2) is 0 Å². The average molecular weight is 88.2 g/mol. The van der Waals surface area contributed by atoms with E-state index in [-0.39, 0.29) is 0 Å². The van der Waals surface area contributed by atoms with Gasteiger partial charge in [0, 0.05) is 0 Å². The Labute approximate surface area is 37.3 Å². The molecular formula is C4H12Si. The van der Waals surface area contributed by atoms with Gasteiger partial charge in [0.1, 0.15) is 0 Å². The zero-order valence-electron chi connectivity index (χ0n) is 4.28. The molecule has 0 saturated carbocycles. The molecule has 0 bridgehead atoms. The summed E-state index contributed by atoms with van der Waals surface area (Å²) in [4.78, 5) is 0. The van der Waals surface area contributed by atoms with E-state index in [1.54, 1.807) is 6.08 Å². The molecule has 0 N–H and O–H groups in total. The summed E-state index contributed by atoms with van der Waals surface area (Å²) >= 11 is 0. The Morgan fingerprint density at radius 2 is 1.60 bits per heavy atom. The number of allylic oxidation sites excluding steroid dienone is 1. The molecule has 5 heavy (non-hydrogen) atoms. The van der Waals surface area contributed by atoms with Gasteiger partial charge in [-0.1, -0.05) is 12.6 Å². The van der Waals surface area contributed by atoms with Gasteiger partial charge in [-0.2, -0.15) is 0 Å². The molecule has 0 unspecified atom stereocenters. The van der Waals surface area contributed by atoms with Crippen molar-refractivity contribution in [2.45, 2.75) is 13.5 Å². The van der Waals surface area contributed by atoms with Gasteiger partial charge in [0.2, 0.25) is 0 Å². The Morgan fingerprint density at radius 3 is 1.60 bits per heavy atom. The molecule has 0 aliphatic heterocycles. The van der Waals surface area contributed by atoms with E-state index in [1.807, 2.05) is 6.92 Å². The highest BCUT2D eigenvalue weighted by Crippen LogP contribution is 1.38. The highest BCUT2D eigenvalue weighted by atomic mass is 28.1. The van der Waals surface area contributed by atoms with E-state index < -0.39 is 0 Å². The lowest BCUT2D eigenvalue weighted by Gasteiger charge is -1.31. The van der Waals surface area contributed by atoms with Crippen molar-refractivity contribution in [3.8, 4) is 0 Å². The fourth-order valence-corrected chi connectivity index (χ4v) is 0. The monoisotopic (exact) mass is 88.1 g/mol. The molecular weight excluding hydrogens is 76.1 g/mol. The minimum atomic E-state index is 1.31. The molecule has 0 spiro atoms. The van der Waals surface area contributed by atoms with E-state index in [0.717, 1.165) is 0 Å². The second-order valence-electron chi connectivity index (χ2n) is 0.408. The first-order valence-electron chi connectivity index (χ1n) is 1.99. The van der Waals surface area contributed by atoms with Crippen LogP contribution in [0, 0.1) is 0 Å². The van der Waals surface area contributed by atoms with Crippen LogP contribution in [0.3, 0.4) is 0 Å². The summed E-state index contributed by atoms with van der Waals surface area (Å²) < 4.78 is 0. The van der Waals surface area contributed by atoms with Crippen molar-refractivity contribution >= 4 is 10.2 Å². The molecule has 0 rings (SSSR count). The van der Waals surface area contributed by atoms with E-state index >= 15 is 0 Å². The van der Waals surface area contributed by atoms with Crippen LogP contribution in [0.4, 0.5) is 0 Å². The standard InChI is InChI=1S/C3H6.CH6Si/c1-3-2;1-2/h3H,1H2,2H3;1-2H3. The summed E-state index contributed by atoms with van der Waals surface area (Å²) in [6.45, 7) is 7.39. The first-order chi connectivity index (χ1) is 2.41. The molecule has 0 aliphatic carbocycles. The molecule has 0 heterocycles. The van der Waals surface area contributed by atoms with Crippen LogP contribution >= 0.6 is 0 Å². The fraction of sp³-hybridized carbons (Fsp3) is 0.500. The molecule has 1 heteroatoms. The Balaban J connectivity index is 0. The Hall–Kier alpha value is -0.0431. The highest BCUT2D eigenvalue weighted by molar-refractivity contribution is 6.05. The van der Waals surface area contributed by atoms with Crippen LogP contribution in [-0.2, 0) is 0 Å². The van der Waals surface area contributed by atoms with Crippen LogP contribution in [-0.4, -0.2) is 10.2 Å². The lowest BCUT2D eigenvalue weighted by atomic mass is 10.8. The summed E-state index contributed by atoms with van der Waals surface area (Å²) in [5.74, 6) is 0.